The zero-order valence-corrected chi connectivity index (χ0v) is 14.7. The molecule has 136 valence electrons. The molecule has 1 heterocycles. The minimum absolute atomic E-state index is 0. The molecule has 0 radical (unpaired) electrons. The molecule has 1 amide bonds. The Kier molecular flexibility index (Phi) is 7.20. The van der Waals surface area contributed by atoms with Crippen LogP contribution in [0.1, 0.15) is 52.4 Å². The summed E-state index contributed by atoms with van der Waals surface area (Å²) < 4.78 is 39.2. The van der Waals surface area contributed by atoms with E-state index in [-0.39, 0.29) is 30.3 Å². The minimum atomic E-state index is -4.27. The van der Waals surface area contributed by atoms with Gasteiger partial charge in [0, 0.05) is 18.5 Å². The van der Waals surface area contributed by atoms with E-state index in [4.69, 9.17) is 0 Å². The van der Waals surface area contributed by atoms with Crippen molar-refractivity contribution in [3.63, 3.8) is 0 Å². The number of nitrogens with one attached hydrogen (secondary N) is 2. The van der Waals surface area contributed by atoms with Gasteiger partial charge in [0.2, 0.25) is 5.91 Å². The van der Waals surface area contributed by atoms with Crippen LogP contribution in [0.4, 0.5) is 13.2 Å². The summed E-state index contributed by atoms with van der Waals surface area (Å²) in [6.45, 7) is 5.58. The molecular formula is C16H28ClF3N2O. The van der Waals surface area contributed by atoms with E-state index in [1.54, 1.807) is 0 Å². The Labute approximate surface area is 142 Å². The Morgan fingerprint density at radius 1 is 1.22 bits per heavy atom. The third kappa shape index (κ3) is 5.24. The molecule has 0 spiro atoms. The molecule has 1 saturated heterocycles. The minimum Gasteiger partial charge on any atom is -0.354 e. The van der Waals surface area contributed by atoms with Crippen LogP contribution >= 0.6 is 12.4 Å². The van der Waals surface area contributed by atoms with E-state index in [0.29, 0.717) is 25.8 Å². The van der Waals surface area contributed by atoms with Gasteiger partial charge in [-0.3, -0.25) is 4.79 Å². The second-order valence-electron chi connectivity index (χ2n) is 7.38. The van der Waals surface area contributed by atoms with Crippen LogP contribution in [0.5, 0.6) is 0 Å². The van der Waals surface area contributed by atoms with Crippen LogP contribution in [0.2, 0.25) is 0 Å². The summed E-state index contributed by atoms with van der Waals surface area (Å²) in [6, 6.07) is 0.123. The van der Waals surface area contributed by atoms with Gasteiger partial charge in [-0.15, -0.1) is 12.4 Å². The Morgan fingerprint density at radius 3 is 2.48 bits per heavy atom. The maximum atomic E-state index is 13.1. The van der Waals surface area contributed by atoms with Gasteiger partial charge in [-0.05, 0) is 37.6 Å². The van der Waals surface area contributed by atoms with Crippen molar-refractivity contribution < 1.29 is 18.0 Å². The Bertz CT molecular complexity index is 401. The number of hydrogen-bond acceptors (Lipinski definition) is 2. The summed E-state index contributed by atoms with van der Waals surface area (Å²) in [6.07, 6.45) is -0.425. The van der Waals surface area contributed by atoms with Gasteiger partial charge in [-0.25, -0.2) is 0 Å². The number of rotatable bonds is 3. The van der Waals surface area contributed by atoms with Crippen molar-refractivity contribution in [1.82, 2.24) is 10.6 Å². The number of carbonyl (C=O) groups excluding carboxylic acids is 1. The monoisotopic (exact) mass is 356 g/mol. The SMILES string of the molecule is CC1(C)CCCNC1CNC(=O)C1CCCCC1C(F)(F)F.Cl. The van der Waals surface area contributed by atoms with Crippen LogP contribution in [-0.2, 0) is 4.79 Å². The van der Waals surface area contributed by atoms with E-state index in [1.807, 2.05) is 0 Å². The van der Waals surface area contributed by atoms with Crippen LogP contribution in [0.15, 0.2) is 0 Å². The van der Waals surface area contributed by atoms with E-state index in [2.05, 4.69) is 24.5 Å². The zero-order chi connectivity index (χ0) is 16.4. The third-order valence-electron chi connectivity index (χ3n) is 5.34. The molecule has 1 saturated carbocycles. The molecule has 2 aliphatic rings. The highest BCUT2D eigenvalue weighted by Gasteiger charge is 2.48. The number of alkyl halides is 3. The van der Waals surface area contributed by atoms with Gasteiger partial charge in [0.1, 0.15) is 0 Å². The maximum Gasteiger partial charge on any atom is 0.392 e. The van der Waals surface area contributed by atoms with Crippen LogP contribution < -0.4 is 10.6 Å². The van der Waals surface area contributed by atoms with Crippen LogP contribution in [0.3, 0.4) is 0 Å². The lowest BCUT2D eigenvalue weighted by Crippen LogP contribution is -2.54. The summed E-state index contributed by atoms with van der Waals surface area (Å²) in [5.41, 5.74) is 0.0571. The Morgan fingerprint density at radius 2 is 1.87 bits per heavy atom. The van der Waals surface area contributed by atoms with Gasteiger partial charge >= 0.3 is 6.18 Å². The van der Waals surface area contributed by atoms with E-state index in [1.165, 1.54) is 0 Å². The van der Waals surface area contributed by atoms with Gasteiger partial charge in [-0.2, -0.15) is 13.2 Å². The zero-order valence-electron chi connectivity index (χ0n) is 13.8. The quantitative estimate of drug-likeness (QED) is 0.810. The van der Waals surface area contributed by atoms with Crippen molar-refractivity contribution in [1.29, 1.82) is 0 Å². The fourth-order valence-corrected chi connectivity index (χ4v) is 3.79. The highest BCUT2D eigenvalue weighted by molar-refractivity contribution is 5.85. The Balaban J connectivity index is 0.00000264. The van der Waals surface area contributed by atoms with Gasteiger partial charge in [0.25, 0.3) is 0 Å². The molecule has 2 fully saturated rings. The molecule has 0 aromatic rings. The summed E-state index contributed by atoms with van der Waals surface area (Å²) in [4.78, 5) is 12.3. The fraction of sp³-hybridized carbons (Fsp3) is 0.938. The highest BCUT2D eigenvalue weighted by Crippen LogP contribution is 2.41. The largest absolute Gasteiger partial charge is 0.392 e. The molecule has 23 heavy (non-hydrogen) atoms. The number of carbonyl (C=O) groups is 1. The van der Waals surface area contributed by atoms with Crippen LogP contribution in [0, 0.1) is 17.3 Å². The number of piperidine rings is 1. The van der Waals surface area contributed by atoms with E-state index < -0.39 is 23.9 Å². The first-order valence-electron chi connectivity index (χ1n) is 8.29. The molecule has 0 aromatic heterocycles. The highest BCUT2D eigenvalue weighted by atomic mass is 35.5. The van der Waals surface area contributed by atoms with Crippen molar-refractivity contribution in [2.75, 3.05) is 13.1 Å². The molecule has 2 rings (SSSR count). The van der Waals surface area contributed by atoms with E-state index in [0.717, 1.165) is 19.4 Å². The molecule has 3 nitrogen and oxygen atoms in total. The topological polar surface area (TPSA) is 41.1 Å². The average molecular weight is 357 g/mol. The first kappa shape index (κ1) is 20.6. The molecule has 1 aliphatic carbocycles. The second-order valence-corrected chi connectivity index (χ2v) is 7.38. The lowest BCUT2D eigenvalue weighted by atomic mass is 9.76. The first-order valence-corrected chi connectivity index (χ1v) is 8.29. The molecular weight excluding hydrogens is 329 g/mol. The summed E-state index contributed by atoms with van der Waals surface area (Å²) in [7, 11) is 0. The summed E-state index contributed by atoms with van der Waals surface area (Å²) in [5, 5.41) is 6.15. The summed E-state index contributed by atoms with van der Waals surface area (Å²) >= 11 is 0. The van der Waals surface area contributed by atoms with Crippen molar-refractivity contribution >= 4 is 18.3 Å². The van der Waals surface area contributed by atoms with Gasteiger partial charge in [0.15, 0.2) is 0 Å². The fourth-order valence-electron chi connectivity index (χ4n) is 3.79. The van der Waals surface area contributed by atoms with Crippen molar-refractivity contribution in [2.24, 2.45) is 17.3 Å². The van der Waals surface area contributed by atoms with E-state index >= 15 is 0 Å². The number of hydrogen-bond donors (Lipinski definition) is 2. The smallest absolute Gasteiger partial charge is 0.354 e. The predicted molar refractivity (Wildman–Crippen MR) is 86.6 cm³/mol. The normalized spacial score (nSPS) is 31.1. The maximum absolute atomic E-state index is 13.1. The predicted octanol–water partition coefficient (Wildman–Crippen LogP) is 3.67. The molecule has 2 N–H and O–H groups in total. The molecule has 3 atom stereocenters. The molecule has 7 heteroatoms. The summed E-state index contributed by atoms with van der Waals surface area (Å²) in [5.74, 6) is -2.82. The third-order valence-corrected chi connectivity index (χ3v) is 5.34. The van der Waals surface area contributed by atoms with Gasteiger partial charge in [-0.1, -0.05) is 26.7 Å². The Hall–Kier alpha value is -0.490. The molecule has 1 aliphatic heterocycles. The molecule has 0 aromatic carbocycles. The van der Waals surface area contributed by atoms with Crippen LogP contribution in [-0.4, -0.2) is 31.2 Å². The van der Waals surface area contributed by atoms with Gasteiger partial charge < -0.3 is 10.6 Å². The lowest BCUT2D eigenvalue weighted by Gasteiger charge is -2.40. The van der Waals surface area contributed by atoms with Crippen molar-refractivity contribution in [3.05, 3.63) is 0 Å². The van der Waals surface area contributed by atoms with E-state index in [9.17, 15) is 18.0 Å². The first-order chi connectivity index (χ1) is 10.2. The standard InChI is InChI=1S/C16H27F3N2O.ClH/c1-15(2)8-5-9-20-13(15)10-21-14(22)11-6-3-4-7-12(11)16(17,18)19;/h11-13,20H,3-10H2,1-2H3,(H,21,22);1H. The average Bonchev–Trinajstić information content (AvgIpc) is 2.44. The second kappa shape index (κ2) is 8.06. The van der Waals surface area contributed by atoms with Crippen molar-refractivity contribution in [3.8, 4) is 0 Å². The lowest BCUT2D eigenvalue weighted by molar-refractivity contribution is -0.198. The van der Waals surface area contributed by atoms with Crippen molar-refractivity contribution in [2.45, 2.75) is 64.6 Å². The van der Waals surface area contributed by atoms with Gasteiger partial charge in [0.05, 0.1) is 5.92 Å². The van der Waals surface area contributed by atoms with Crippen LogP contribution in [0.25, 0.3) is 0 Å². The number of halogens is 4. The molecule has 0 bridgehead atoms. The molecule has 3 unspecified atom stereocenters. The number of amides is 1.